The molecule has 0 atom stereocenters. The normalized spacial score (nSPS) is 10.4. The first-order chi connectivity index (χ1) is 7.70. The largest absolute Gasteiger partial charge is 0.615 e. The van der Waals surface area contributed by atoms with Crippen molar-refractivity contribution in [1.29, 1.82) is 0 Å². The Morgan fingerprint density at radius 1 is 1.12 bits per heavy atom. The Bertz CT molecular complexity index is 489. The summed E-state index contributed by atoms with van der Waals surface area (Å²) in [6, 6.07) is 7.36. The van der Waals surface area contributed by atoms with Crippen molar-refractivity contribution in [3.05, 3.63) is 35.0 Å². The number of hydrogen-bond acceptors (Lipinski definition) is 3. The average Bonchev–Trinajstić information content (AvgIpc) is 2.33. The van der Waals surface area contributed by atoms with Gasteiger partial charge in [-0.05, 0) is 13.0 Å². The van der Waals surface area contributed by atoms with Crippen LogP contribution in [0.5, 0.6) is 11.6 Å². The molecule has 2 aromatic rings. The Morgan fingerprint density at radius 3 is 2.44 bits per heavy atom. The van der Waals surface area contributed by atoms with E-state index in [2.05, 4.69) is 0 Å². The quantitative estimate of drug-likeness (QED) is 0.571. The number of aromatic nitrogens is 1. The summed E-state index contributed by atoms with van der Waals surface area (Å²) in [4.78, 5) is 0. The van der Waals surface area contributed by atoms with Gasteiger partial charge < -0.3 is 14.7 Å². The lowest BCUT2D eigenvalue weighted by atomic mass is 10.1. The summed E-state index contributed by atoms with van der Waals surface area (Å²) in [5.74, 6) is 0.676. The predicted molar refractivity (Wildman–Crippen MR) is 60.7 cm³/mol. The average molecular weight is 219 g/mol. The molecule has 1 aromatic heterocycles. The summed E-state index contributed by atoms with van der Waals surface area (Å²) >= 11 is 0. The number of benzene rings is 1. The van der Waals surface area contributed by atoms with Gasteiger partial charge in [-0.3, -0.25) is 0 Å². The Balaban J connectivity index is 2.93. The van der Waals surface area contributed by atoms with E-state index in [1.54, 1.807) is 6.07 Å². The predicted octanol–water partition coefficient (Wildman–Crippen LogP) is 1.80. The lowest BCUT2D eigenvalue weighted by molar-refractivity contribution is -0.585. The van der Waals surface area contributed by atoms with E-state index in [1.165, 1.54) is 14.2 Å². The van der Waals surface area contributed by atoms with Gasteiger partial charge in [0.2, 0.25) is 11.3 Å². The molecule has 1 aromatic carbocycles. The van der Waals surface area contributed by atoms with Crippen LogP contribution >= 0.6 is 0 Å². The van der Waals surface area contributed by atoms with Gasteiger partial charge in [0.15, 0.2) is 0 Å². The van der Waals surface area contributed by atoms with Crippen LogP contribution in [-0.4, -0.2) is 14.2 Å². The Hall–Kier alpha value is -1.97. The van der Waals surface area contributed by atoms with Crippen LogP contribution in [0.3, 0.4) is 0 Å². The maximum Gasteiger partial charge on any atom is 0.423 e. The summed E-state index contributed by atoms with van der Waals surface area (Å²) in [7, 11) is 2.99. The van der Waals surface area contributed by atoms with Crippen LogP contribution in [-0.2, 0) is 0 Å². The van der Waals surface area contributed by atoms with E-state index >= 15 is 0 Å². The van der Waals surface area contributed by atoms with E-state index in [-0.39, 0.29) is 5.88 Å². The standard InChI is InChI=1S/C12H13NO3/c1-8-9-6-4-5-7-10(9)13(14)12(16-3)11(8)15-2/h4-7H,1-3H3. The molecule has 0 aliphatic carbocycles. The first-order valence-electron chi connectivity index (χ1n) is 4.93. The summed E-state index contributed by atoms with van der Waals surface area (Å²) < 4.78 is 11.0. The van der Waals surface area contributed by atoms with Crippen LogP contribution in [0, 0.1) is 12.1 Å². The van der Waals surface area contributed by atoms with Crippen LogP contribution in [0.4, 0.5) is 0 Å². The molecule has 0 saturated carbocycles. The van der Waals surface area contributed by atoms with E-state index in [4.69, 9.17) is 9.47 Å². The highest BCUT2D eigenvalue weighted by Crippen LogP contribution is 2.32. The van der Waals surface area contributed by atoms with Crippen LogP contribution in [0.25, 0.3) is 10.9 Å². The molecule has 0 aliphatic heterocycles. The molecule has 4 nitrogen and oxygen atoms in total. The van der Waals surface area contributed by atoms with E-state index in [0.717, 1.165) is 15.7 Å². The number of para-hydroxylation sites is 1. The van der Waals surface area contributed by atoms with Crippen molar-refractivity contribution in [2.45, 2.75) is 6.92 Å². The molecular weight excluding hydrogens is 206 g/mol. The zero-order chi connectivity index (χ0) is 11.7. The second kappa shape index (κ2) is 3.89. The van der Waals surface area contributed by atoms with Crippen molar-refractivity contribution < 1.29 is 14.2 Å². The minimum atomic E-state index is 0.193. The van der Waals surface area contributed by atoms with Gasteiger partial charge in [0.1, 0.15) is 0 Å². The van der Waals surface area contributed by atoms with Gasteiger partial charge in [0, 0.05) is 11.6 Å². The Morgan fingerprint density at radius 2 is 1.81 bits per heavy atom. The van der Waals surface area contributed by atoms with E-state index in [0.29, 0.717) is 11.3 Å². The van der Waals surface area contributed by atoms with Gasteiger partial charge in [-0.25, -0.2) is 0 Å². The molecule has 0 fully saturated rings. The zero-order valence-corrected chi connectivity index (χ0v) is 9.48. The maximum absolute atomic E-state index is 12.0. The lowest BCUT2D eigenvalue weighted by Gasteiger charge is -2.12. The molecule has 0 aliphatic rings. The minimum absolute atomic E-state index is 0.193. The first-order valence-corrected chi connectivity index (χ1v) is 4.93. The van der Waals surface area contributed by atoms with Crippen molar-refractivity contribution in [1.82, 2.24) is 0 Å². The SMILES string of the molecule is COc1c(C)c2ccccc2[n+]([O-])c1OC. The molecule has 16 heavy (non-hydrogen) atoms. The molecule has 84 valence electrons. The molecule has 1 heterocycles. The van der Waals surface area contributed by atoms with E-state index in [9.17, 15) is 5.21 Å². The Kier molecular flexibility index (Phi) is 2.56. The Labute approximate surface area is 93.6 Å². The lowest BCUT2D eigenvalue weighted by Crippen LogP contribution is -2.30. The smallest absolute Gasteiger partial charge is 0.423 e. The van der Waals surface area contributed by atoms with Crippen LogP contribution in [0.15, 0.2) is 24.3 Å². The molecule has 0 unspecified atom stereocenters. The van der Waals surface area contributed by atoms with Crippen molar-refractivity contribution in [2.24, 2.45) is 0 Å². The monoisotopic (exact) mass is 219 g/mol. The summed E-state index contributed by atoms with van der Waals surface area (Å²) in [5, 5.41) is 12.9. The fourth-order valence-corrected chi connectivity index (χ4v) is 1.87. The fraction of sp³-hybridized carbons (Fsp3) is 0.250. The van der Waals surface area contributed by atoms with Crippen molar-refractivity contribution in [3.63, 3.8) is 0 Å². The van der Waals surface area contributed by atoms with Gasteiger partial charge in [0.05, 0.1) is 19.6 Å². The zero-order valence-electron chi connectivity index (χ0n) is 9.48. The van der Waals surface area contributed by atoms with Gasteiger partial charge in [-0.15, -0.1) is 4.73 Å². The molecule has 2 rings (SSSR count). The first kappa shape index (κ1) is 10.5. The summed E-state index contributed by atoms with van der Waals surface area (Å²) in [6.45, 7) is 1.91. The van der Waals surface area contributed by atoms with Crippen LogP contribution in [0.1, 0.15) is 5.56 Å². The third-order valence-corrected chi connectivity index (χ3v) is 2.64. The highest BCUT2D eigenvalue weighted by molar-refractivity contribution is 5.82. The second-order valence-corrected chi connectivity index (χ2v) is 3.48. The van der Waals surface area contributed by atoms with Crippen molar-refractivity contribution >= 4 is 10.9 Å². The number of rotatable bonds is 2. The molecule has 0 N–H and O–H groups in total. The number of methoxy groups -OCH3 is 2. The second-order valence-electron chi connectivity index (χ2n) is 3.48. The molecule has 0 saturated heterocycles. The van der Waals surface area contributed by atoms with Gasteiger partial charge in [-0.1, -0.05) is 12.1 Å². The van der Waals surface area contributed by atoms with Crippen molar-refractivity contribution in [2.75, 3.05) is 14.2 Å². The number of hydrogen-bond donors (Lipinski definition) is 0. The highest BCUT2D eigenvalue weighted by atomic mass is 16.6. The molecule has 4 heteroatoms. The van der Waals surface area contributed by atoms with Crippen molar-refractivity contribution in [3.8, 4) is 11.6 Å². The van der Waals surface area contributed by atoms with Gasteiger partial charge in [-0.2, -0.15) is 0 Å². The van der Waals surface area contributed by atoms with E-state index < -0.39 is 0 Å². The highest BCUT2D eigenvalue weighted by Gasteiger charge is 2.22. The molecular formula is C12H13NO3. The number of fused-ring (bicyclic) bond motifs is 1. The topological polar surface area (TPSA) is 45.4 Å². The maximum atomic E-state index is 12.0. The molecule has 0 radical (unpaired) electrons. The van der Waals surface area contributed by atoms with Crippen LogP contribution < -0.4 is 14.2 Å². The summed E-state index contributed by atoms with van der Waals surface area (Å²) in [6.07, 6.45) is 0. The number of pyridine rings is 1. The van der Waals surface area contributed by atoms with E-state index in [1.807, 2.05) is 25.1 Å². The summed E-state index contributed by atoms with van der Waals surface area (Å²) in [5.41, 5.74) is 1.49. The van der Waals surface area contributed by atoms with Crippen LogP contribution in [0.2, 0.25) is 0 Å². The number of aryl methyl sites for hydroxylation is 1. The number of ether oxygens (including phenoxy) is 2. The third kappa shape index (κ3) is 1.34. The molecule has 0 amide bonds. The molecule has 0 spiro atoms. The number of nitrogens with zero attached hydrogens (tertiary/aromatic N) is 1. The third-order valence-electron chi connectivity index (χ3n) is 2.64. The minimum Gasteiger partial charge on any atom is -0.615 e. The molecule has 0 bridgehead atoms. The van der Waals surface area contributed by atoms with Gasteiger partial charge >= 0.3 is 5.88 Å². The fourth-order valence-electron chi connectivity index (χ4n) is 1.87. The van der Waals surface area contributed by atoms with Gasteiger partial charge in [0.25, 0.3) is 0 Å².